The number of ether oxygens (including phenoxy) is 1. The summed E-state index contributed by atoms with van der Waals surface area (Å²) in [5.74, 6) is -0.470. The van der Waals surface area contributed by atoms with Crippen LogP contribution in [0.25, 0.3) is 0 Å². The highest BCUT2D eigenvalue weighted by Gasteiger charge is 2.34. The van der Waals surface area contributed by atoms with Crippen molar-refractivity contribution in [3.63, 3.8) is 0 Å². The number of morpholine rings is 1. The first-order chi connectivity index (χ1) is 11.1. The van der Waals surface area contributed by atoms with Crippen molar-refractivity contribution in [2.24, 2.45) is 0 Å². The van der Waals surface area contributed by atoms with Gasteiger partial charge in [0.1, 0.15) is 12.6 Å². The van der Waals surface area contributed by atoms with Gasteiger partial charge in [0.2, 0.25) is 11.8 Å². The fraction of sp³-hybridized carbons (Fsp3) is 0.312. The van der Waals surface area contributed by atoms with E-state index in [9.17, 15) is 9.59 Å². The molecule has 1 aromatic carbocycles. The Morgan fingerprint density at radius 1 is 1.43 bits per heavy atom. The van der Waals surface area contributed by atoms with Gasteiger partial charge in [-0.1, -0.05) is 30.3 Å². The second kappa shape index (κ2) is 6.62. The van der Waals surface area contributed by atoms with Crippen molar-refractivity contribution in [3.8, 4) is 0 Å². The SMILES string of the molecule is Cc1[nH]ncc1NC(=O)C1COCC(=O)N1Cc1ccccc1. The molecule has 1 aromatic heterocycles. The molecule has 1 saturated heterocycles. The smallest absolute Gasteiger partial charge is 0.249 e. The second-order valence-corrected chi connectivity index (χ2v) is 5.44. The van der Waals surface area contributed by atoms with Gasteiger partial charge in [0.05, 0.1) is 24.2 Å². The maximum absolute atomic E-state index is 12.5. The van der Waals surface area contributed by atoms with Crippen LogP contribution >= 0.6 is 0 Å². The number of rotatable bonds is 4. The monoisotopic (exact) mass is 314 g/mol. The molecule has 0 aliphatic carbocycles. The second-order valence-electron chi connectivity index (χ2n) is 5.44. The molecule has 1 unspecified atom stereocenters. The van der Waals surface area contributed by atoms with Crippen molar-refractivity contribution in [2.45, 2.75) is 19.5 Å². The number of aromatic amines is 1. The van der Waals surface area contributed by atoms with Gasteiger partial charge in [0.15, 0.2) is 0 Å². The van der Waals surface area contributed by atoms with Gasteiger partial charge in [-0.05, 0) is 12.5 Å². The summed E-state index contributed by atoms with van der Waals surface area (Å²) >= 11 is 0. The van der Waals surface area contributed by atoms with E-state index in [-0.39, 0.29) is 25.0 Å². The number of nitrogens with zero attached hydrogens (tertiary/aromatic N) is 2. The summed E-state index contributed by atoms with van der Waals surface area (Å²) in [6.07, 6.45) is 1.54. The van der Waals surface area contributed by atoms with Crippen molar-refractivity contribution in [3.05, 3.63) is 47.8 Å². The van der Waals surface area contributed by atoms with E-state index in [1.54, 1.807) is 11.1 Å². The van der Waals surface area contributed by atoms with Crippen LogP contribution in [0, 0.1) is 6.92 Å². The first-order valence-electron chi connectivity index (χ1n) is 7.37. The zero-order chi connectivity index (χ0) is 16.2. The summed E-state index contributed by atoms with van der Waals surface area (Å²) in [6, 6.07) is 8.92. The summed E-state index contributed by atoms with van der Waals surface area (Å²) in [7, 11) is 0. The average Bonchev–Trinajstić information content (AvgIpc) is 2.95. The third-order valence-corrected chi connectivity index (χ3v) is 3.78. The molecule has 120 valence electrons. The van der Waals surface area contributed by atoms with Gasteiger partial charge in [0.25, 0.3) is 0 Å². The quantitative estimate of drug-likeness (QED) is 0.884. The molecule has 2 N–H and O–H groups in total. The molecule has 2 amide bonds. The molecule has 1 aliphatic rings. The molecule has 1 fully saturated rings. The van der Waals surface area contributed by atoms with Gasteiger partial charge in [-0.15, -0.1) is 0 Å². The van der Waals surface area contributed by atoms with Crippen molar-refractivity contribution in [1.29, 1.82) is 0 Å². The van der Waals surface area contributed by atoms with E-state index < -0.39 is 6.04 Å². The molecular formula is C16H18N4O3. The van der Waals surface area contributed by atoms with Crippen LogP contribution in [0.4, 0.5) is 5.69 Å². The Morgan fingerprint density at radius 3 is 2.91 bits per heavy atom. The molecule has 7 nitrogen and oxygen atoms in total. The Morgan fingerprint density at radius 2 is 2.22 bits per heavy atom. The minimum absolute atomic E-state index is 0.00134. The van der Waals surface area contributed by atoms with Gasteiger partial charge in [0, 0.05) is 6.54 Å². The van der Waals surface area contributed by atoms with E-state index in [1.807, 2.05) is 37.3 Å². The molecular weight excluding hydrogens is 296 g/mol. The summed E-state index contributed by atoms with van der Waals surface area (Å²) in [5.41, 5.74) is 2.34. The molecule has 0 bridgehead atoms. The van der Waals surface area contributed by atoms with E-state index >= 15 is 0 Å². The number of amides is 2. The lowest BCUT2D eigenvalue weighted by Crippen LogP contribution is -2.54. The molecule has 2 heterocycles. The fourth-order valence-electron chi connectivity index (χ4n) is 2.49. The van der Waals surface area contributed by atoms with E-state index in [1.165, 1.54) is 0 Å². The van der Waals surface area contributed by atoms with Crippen LogP contribution in [0.1, 0.15) is 11.3 Å². The van der Waals surface area contributed by atoms with Crippen LogP contribution in [0.5, 0.6) is 0 Å². The number of aromatic nitrogens is 2. The largest absolute Gasteiger partial charge is 0.369 e. The number of carbonyl (C=O) groups excluding carboxylic acids is 2. The Labute approximate surface area is 133 Å². The fourth-order valence-corrected chi connectivity index (χ4v) is 2.49. The van der Waals surface area contributed by atoms with Crippen molar-refractivity contribution < 1.29 is 14.3 Å². The molecule has 23 heavy (non-hydrogen) atoms. The highest BCUT2D eigenvalue weighted by molar-refractivity contribution is 5.98. The standard InChI is InChI=1S/C16H18N4O3/c1-11-13(7-17-19-11)18-16(22)14-9-23-10-15(21)20(14)8-12-5-3-2-4-6-12/h2-7,14H,8-10H2,1H3,(H,17,19)(H,18,22). The number of hydrogen-bond acceptors (Lipinski definition) is 4. The van der Waals surface area contributed by atoms with Gasteiger partial charge >= 0.3 is 0 Å². The number of nitrogens with one attached hydrogen (secondary N) is 2. The Bertz CT molecular complexity index is 698. The third-order valence-electron chi connectivity index (χ3n) is 3.78. The molecule has 3 rings (SSSR count). The lowest BCUT2D eigenvalue weighted by atomic mass is 10.1. The topological polar surface area (TPSA) is 87.3 Å². The number of benzene rings is 1. The molecule has 0 saturated carbocycles. The van der Waals surface area contributed by atoms with Gasteiger partial charge < -0.3 is 15.0 Å². The lowest BCUT2D eigenvalue weighted by molar-refractivity contribution is -0.154. The van der Waals surface area contributed by atoms with Crippen LogP contribution in [0.2, 0.25) is 0 Å². The van der Waals surface area contributed by atoms with Crippen molar-refractivity contribution in [1.82, 2.24) is 15.1 Å². The molecule has 1 aliphatic heterocycles. The Hall–Kier alpha value is -2.67. The molecule has 0 spiro atoms. The number of anilines is 1. The van der Waals surface area contributed by atoms with Gasteiger partial charge in [-0.2, -0.15) is 5.10 Å². The highest BCUT2D eigenvalue weighted by atomic mass is 16.5. The Kier molecular flexibility index (Phi) is 4.38. The predicted octanol–water partition coefficient (Wildman–Crippen LogP) is 1.08. The Balaban J connectivity index is 1.76. The number of hydrogen-bond donors (Lipinski definition) is 2. The summed E-state index contributed by atoms with van der Waals surface area (Å²) in [5, 5.41) is 9.42. The van der Waals surface area contributed by atoms with E-state index in [2.05, 4.69) is 15.5 Å². The zero-order valence-electron chi connectivity index (χ0n) is 12.8. The summed E-state index contributed by atoms with van der Waals surface area (Å²) in [6.45, 7) is 2.38. The molecule has 0 radical (unpaired) electrons. The maximum Gasteiger partial charge on any atom is 0.249 e. The van der Waals surface area contributed by atoms with Crippen LogP contribution in [-0.4, -0.2) is 46.2 Å². The zero-order valence-corrected chi connectivity index (χ0v) is 12.8. The number of aryl methyl sites for hydroxylation is 1. The molecule has 2 aromatic rings. The maximum atomic E-state index is 12.5. The van der Waals surface area contributed by atoms with Crippen molar-refractivity contribution >= 4 is 17.5 Å². The van der Waals surface area contributed by atoms with Gasteiger partial charge in [-0.25, -0.2) is 0 Å². The normalized spacial score (nSPS) is 18.0. The van der Waals surface area contributed by atoms with Crippen molar-refractivity contribution in [2.75, 3.05) is 18.5 Å². The average molecular weight is 314 g/mol. The highest BCUT2D eigenvalue weighted by Crippen LogP contribution is 2.17. The van der Waals surface area contributed by atoms with Crippen LogP contribution in [0.3, 0.4) is 0 Å². The first-order valence-corrected chi connectivity index (χ1v) is 7.37. The predicted molar refractivity (Wildman–Crippen MR) is 83.6 cm³/mol. The lowest BCUT2D eigenvalue weighted by Gasteiger charge is -2.34. The van der Waals surface area contributed by atoms with Crippen LogP contribution < -0.4 is 5.32 Å². The van der Waals surface area contributed by atoms with E-state index in [0.717, 1.165) is 11.3 Å². The number of carbonyl (C=O) groups is 2. The third kappa shape index (κ3) is 3.40. The number of H-pyrrole nitrogens is 1. The van der Waals surface area contributed by atoms with Crippen LogP contribution in [-0.2, 0) is 20.9 Å². The molecule has 7 heteroatoms. The van der Waals surface area contributed by atoms with E-state index in [4.69, 9.17) is 4.74 Å². The summed E-state index contributed by atoms with van der Waals surface area (Å²) in [4.78, 5) is 26.3. The first kappa shape index (κ1) is 15.2. The minimum Gasteiger partial charge on any atom is -0.369 e. The minimum atomic E-state index is -0.661. The van der Waals surface area contributed by atoms with E-state index in [0.29, 0.717) is 12.2 Å². The van der Waals surface area contributed by atoms with Crippen LogP contribution in [0.15, 0.2) is 36.5 Å². The summed E-state index contributed by atoms with van der Waals surface area (Å²) < 4.78 is 5.26. The van der Waals surface area contributed by atoms with Gasteiger partial charge in [-0.3, -0.25) is 14.7 Å². The molecule has 1 atom stereocenters.